The van der Waals surface area contributed by atoms with Crippen molar-refractivity contribution in [2.45, 2.75) is 39.0 Å². The molecule has 0 saturated carbocycles. The van der Waals surface area contributed by atoms with Gasteiger partial charge < -0.3 is 0 Å². The number of hydrogen-bond acceptors (Lipinski definition) is 0. The van der Waals surface area contributed by atoms with E-state index >= 15 is 0 Å². The third-order valence-electron chi connectivity index (χ3n) is 4.28. The molecule has 110 valence electrons. The fourth-order valence-corrected chi connectivity index (χ4v) is 2.98. The van der Waals surface area contributed by atoms with Crippen LogP contribution in [0.2, 0.25) is 0 Å². The molecular formula is C21H26. The average Bonchev–Trinajstić information content (AvgIpc) is 2.56. The van der Waals surface area contributed by atoms with E-state index in [0.717, 1.165) is 12.3 Å². The van der Waals surface area contributed by atoms with Crippen LogP contribution in [0.3, 0.4) is 0 Å². The van der Waals surface area contributed by atoms with Crippen LogP contribution < -0.4 is 0 Å². The molecule has 0 nitrogen and oxygen atoms in total. The van der Waals surface area contributed by atoms with Crippen molar-refractivity contribution in [2.75, 3.05) is 0 Å². The molecule has 0 aliphatic carbocycles. The van der Waals surface area contributed by atoms with Gasteiger partial charge in [0.2, 0.25) is 0 Å². The van der Waals surface area contributed by atoms with E-state index in [-0.39, 0.29) is 0 Å². The first-order valence-corrected chi connectivity index (χ1v) is 8.10. The summed E-state index contributed by atoms with van der Waals surface area (Å²) in [5.74, 6) is 1.25. The van der Waals surface area contributed by atoms with E-state index in [1.165, 1.54) is 24.0 Å². The molecule has 0 saturated heterocycles. The van der Waals surface area contributed by atoms with Crippen molar-refractivity contribution < 1.29 is 0 Å². The first kappa shape index (κ1) is 15.6. The minimum absolute atomic E-state index is 0.532. The second-order valence-corrected chi connectivity index (χ2v) is 5.63. The third kappa shape index (κ3) is 4.60. The molecule has 0 spiro atoms. The summed E-state index contributed by atoms with van der Waals surface area (Å²) in [4.78, 5) is 0. The van der Waals surface area contributed by atoms with Gasteiger partial charge in [-0.25, -0.2) is 0 Å². The van der Waals surface area contributed by atoms with Gasteiger partial charge in [-0.2, -0.15) is 0 Å². The molecule has 0 heteroatoms. The maximum atomic E-state index is 2.42. The van der Waals surface area contributed by atoms with E-state index in [9.17, 15) is 0 Å². The molecule has 0 fully saturated rings. The van der Waals surface area contributed by atoms with Crippen LogP contribution in [0.1, 0.15) is 43.7 Å². The quantitative estimate of drug-likeness (QED) is 0.544. The summed E-state index contributed by atoms with van der Waals surface area (Å²) in [6, 6.07) is 21.6. The smallest absolute Gasteiger partial charge is 0.00461 e. The highest BCUT2D eigenvalue weighted by Gasteiger charge is 2.17. The van der Waals surface area contributed by atoms with E-state index in [2.05, 4.69) is 86.7 Å². The van der Waals surface area contributed by atoms with E-state index in [1.54, 1.807) is 0 Å². The van der Waals surface area contributed by atoms with Crippen molar-refractivity contribution in [1.82, 2.24) is 0 Å². The van der Waals surface area contributed by atoms with Gasteiger partial charge >= 0.3 is 0 Å². The molecular weight excluding hydrogens is 252 g/mol. The zero-order valence-corrected chi connectivity index (χ0v) is 13.2. The van der Waals surface area contributed by atoms with Crippen LogP contribution in [-0.2, 0) is 6.42 Å². The zero-order chi connectivity index (χ0) is 14.9. The van der Waals surface area contributed by atoms with Crippen molar-refractivity contribution in [3.8, 4) is 0 Å². The van der Waals surface area contributed by atoms with Crippen LogP contribution in [0.15, 0.2) is 72.8 Å². The molecule has 1 unspecified atom stereocenters. The number of allylic oxidation sites excluding steroid dienone is 2. The van der Waals surface area contributed by atoms with Gasteiger partial charge in [-0.3, -0.25) is 0 Å². The normalized spacial score (nSPS) is 12.9. The van der Waals surface area contributed by atoms with E-state index in [1.807, 2.05) is 0 Å². The number of benzene rings is 2. The van der Waals surface area contributed by atoms with Gasteiger partial charge in [-0.15, -0.1) is 0 Å². The largest absolute Gasteiger partial charge is 0.0835 e. The van der Waals surface area contributed by atoms with Crippen molar-refractivity contribution in [3.05, 3.63) is 83.9 Å². The Hall–Kier alpha value is -1.82. The maximum Gasteiger partial charge on any atom is 0.00461 e. The Labute approximate surface area is 129 Å². The van der Waals surface area contributed by atoms with E-state index in [0.29, 0.717) is 5.92 Å². The first-order valence-electron chi connectivity index (χ1n) is 8.10. The van der Waals surface area contributed by atoms with Crippen LogP contribution in [0, 0.1) is 5.92 Å². The molecule has 0 aromatic heterocycles. The van der Waals surface area contributed by atoms with Crippen LogP contribution in [0.4, 0.5) is 0 Å². The molecule has 2 rings (SSSR count). The Bertz CT molecular complexity index is 520. The molecule has 1 atom stereocenters. The zero-order valence-electron chi connectivity index (χ0n) is 13.2. The predicted molar refractivity (Wildman–Crippen MR) is 92.5 cm³/mol. The predicted octanol–water partition coefficient (Wildman–Crippen LogP) is 6.01. The van der Waals surface area contributed by atoms with Crippen molar-refractivity contribution in [2.24, 2.45) is 5.92 Å². The molecule has 0 amide bonds. The van der Waals surface area contributed by atoms with Crippen LogP contribution >= 0.6 is 0 Å². The molecule has 0 aliphatic rings. The molecule has 0 bridgehead atoms. The molecule has 0 radical (unpaired) electrons. The lowest BCUT2D eigenvalue weighted by molar-refractivity contribution is 0.446. The van der Waals surface area contributed by atoms with Gasteiger partial charge in [0.05, 0.1) is 0 Å². The fraction of sp³-hybridized carbons (Fsp3) is 0.333. The van der Waals surface area contributed by atoms with Gasteiger partial charge in [0.25, 0.3) is 0 Å². The summed E-state index contributed by atoms with van der Waals surface area (Å²) >= 11 is 0. The topological polar surface area (TPSA) is 0 Å². The van der Waals surface area contributed by atoms with Crippen LogP contribution in [-0.4, -0.2) is 0 Å². The Morgan fingerprint density at radius 3 is 1.95 bits per heavy atom. The SMILES string of the molecule is CCC(CC)C(/C=C/Cc1ccccc1)c1ccccc1. The molecule has 2 aromatic rings. The molecule has 0 aliphatic heterocycles. The Morgan fingerprint density at radius 2 is 1.38 bits per heavy atom. The van der Waals surface area contributed by atoms with Crippen molar-refractivity contribution >= 4 is 0 Å². The van der Waals surface area contributed by atoms with Crippen LogP contribution in [0.5, 0.6) is 0 Å². The average molecular weight is 278 g/mol. The van der Waals surface area contributed by atoms with Crippen LogP contribution in [0.25, 0.3) is 0 Å². The minimum atomic E-state index is 0.532. The minimum Gasteiger partial charge on any atom is -0.0835 e. The highest BCUT2D eigenvalue weighted by atomic mass is 14.2. The lowest BCUT2D eigenvalue weighted by Gasteiger charge is -2.23. The Kier molecular flexibility index (Phi) is 6.27. The second-order valence-electron chi connectivity index (χ2n) is 5.63. The van der Waals surface area contributed by atoms with Gasteiger partial charge in [-0.05, 0) is 23.5 Å². The fourth-order valence-electron chi connectivity index (χ4n) is 2.98. The molecule has 0 heterocycles. The third-order valence-corrected chi connectivity index (χ3v) is 4.28. The summed E-state index contributed by atoms with van der Waals surface area (Å²) in [7, 11) is 0. The van der Waals surface area contributed by atoms with E-state index in [4.69, 9.17) is 0 Å². The number of hydrogen-bond donors (Lipinski definition) is 0. The highest BCUT2D eigenvalue weighted by molar-refractivity contribution is 5.26. The summed E-state index contributed by atoms with van der Waals surface area (Å²) in [6.07, 6.45) is 8.23. The highest BCUT2D eigenvalue weighted by Crippen LogP contribution is 2.31. The van der Waals surface area contributed by atoms with Crippen molar-refractivity contribution in [1.29, 1.82) is 0 Å². The Morgan fingerprint density at radius 1 is 0.810 bits per heavy atom. The van der Waals surface area contributed by atoms with Crippen molar-refractivity contribution in [3.63, 3.8) is 0 Å². The van der Waals surface area contributed by atoms with Gasteiger partial charge in [0.15, 0.2) is 0 Å². The second kappa shape index (κ2) is 8.46. The van der Waals surface area contributed by atoms with Gasteiger partial charge in [0, 0.05) is 5.92 Å². The molecule has 0 N–H and O–H groups in total. The summed E-state index contributed by atoms with van der Waals surface area (Å²) < 4.78 is 0. The first-order chi connectivity index (χ1) is 10.3. The Balaban J connectivity index is 2.12. The monoisotopic (exact) mass is 278 g/mol. The molecule has 21 heavy (non-hydrogen) atoms. The number of rotatable bonds is 7. The standard InChI is InChI=1S/C21H26/c1-3-19(4-2)21(20-15-9-6-10-16-20)17-11-14-18-12-7-5-8-13-18/h5-13,15-17,19,21H,3-4,14H2,1-2H3/b17-11+. The maximum absolute atomic E-state index is 2.42. The lowest BCUT2D eigenvalue weighted by Crippen LogP contribution is -2.09. The molecule has 2 aromatic carbocycles. The summed E-state index contributed by atoms with van der Waals surface area (Å²) in [5, 5.41) is 0. The lowest BCUT2D eigenvalue weighted by atomic mass is 9.82. The summed E-state index contributed by atoms with van der Waals surface area (Å²) in [6.45, 7) is 4.60. The van der Waals surface area contributed by atoms with Gasteiger partial charge in [0.1, 0.15) is 0 Å². The summed E-state index contributed by atoms with van der Waals surface area (Å²) in [5.41, 5.74) is 2.82. The van der Waals surface area contributed by atoms with Gasteiger partial charge in [-0.1, -0.05) is 99.5 Å². The van der Waals surface area contributed by atoms with E-state index < -0.39 is 0 Å².